The Labute approximate surface area is 121 Å². The van der Waals surface area contributed by atoms with Crippen molar-refractivity contribution in [2.45, 2.75) is 6.54 Å². The second-order valence-electron chi connectivity index (χ2n) is 4.21. The molecule has 8 nitrogen and oxygen atoms in total. The molecule has 0 aliphatic heterocycles. The van der Waals surface area contributed by atoms with Gasteiger partial charge < -0.3 is 10.3 Å². The van der Waals surface area contributed by atoms with Gasteiger partial charge in [-0.2, -0.15) is 0 Å². The van der Waals surface area contributed by atoms with Crippen LogP contribution < -0.4 is 10.9 Å². The van der Waals surface area contributed by atoms with Crippen molar-refractivity contribution in [3.8, 4) is 0 Å². The maximum atomic E-state index is 11.7. The van der Waals surface area contributed by atoms with E-state index in [1.165, 1.54) is 29.8 Å². The number of aromatic amines is 1. The summed E-state index contributed by atoms with van der Waals surface area (Å²) in [6, 6.07) is 2.72. The quantitative estimate of drug-likeness (QED) is 0.562. The number of anilines is 1. The van der Waals surface area contributed by atoms with Gasteiger partial charge in [0.15, 0.2) is 0 Å². The smallest absolute Gasteiger partial charge is 0.293 e. The van der Waals surface area contributed by atoms with Crippen LogP contribution in [0.2, 0.25) is 0 Å². The fourth-order valence-corrected chi connectivity index (χ4v) is 2.47. The minimum Gasteiger partial charge on any atom is -0.374 e. The summed E-state index contributed by atoms with van der Waals surface area (Å²) in [5.74, 6) is 0. The normalized spacial score (nSPS) is 10.7. The van der Waals surface area contributed by atoms with Crippen LogP contribution in [0.25, 0.3) is 10.9 Å². The molecule has 9 heteroatoms. The summed E-state index contributed by atoms with van der Waals surface area (Å²) in [4.78, 5) is 32.8. The molecule has 0 bridgehead atoms. The van der Waals surface area contributed by atoms with Crippen LogP contribution in [0.4, 0.5) is 11.4 Å². The average molecular weight is 303 g/mol. The molecule has 0 aliphatic rings. The van der Waals surface area contributed by atoms with Crippen molar-refractivity contribution in [2.75, 3.05) is 5.32 Å². The number of fused-ring (bicyclic) bond motifs is 1. The van der Waals surface area contributed by atoms with Crippen LogP contribution in [-0.4, -0.2) is 19.9 Å². The number of aromatic nitrogens is 3. The number of rotatable bonds is 4. The van der Waals surface area contributed by atoms with Crippen LogP contribution in [0.1, 0.15) is 5.69 Å². The van der Waals surface area contributed by atoms with Gasteiger partial charge in [0.05, 0.1) is 39.9 Å². The van der Waals surface area contributed by atoms with E-state index < -0.39 is 10.5 Å². The molecule has 1 aromatic carbocycles. The van der Waals surface area contributed by atoms with Crippen LogP contribution in [0.5, 0.6) is 0 Å². The van der Waals surface area contributed by atoms with Crippen LogP contribution in [0, 0.1) is 10.1 Å². The Hall–Kier alpha value is -2.81. The zero-order valence-electron chi connectivity index (χ0n) is 10.6. The topological polar surface area (TPSA) is 114 Å². The van der Waals surface area contributed by atoms with Crippen molar-refractivity contribution in [2.24, 2.45) is 0 Å². The minimum absolute atomic E-state index is 0.170. The SMILES string of the molecule is O=c1[nH]cnc2cc(NCc3cscn3)c([N+](=O)[O-])cc12. The number of nitro benzene ring substituents is 1. The Morgan fingerprint density at radius 1 is 1.38 bits per heavy atom. The van der Waals surface area contributed by atoms with Crippen LogP contribution in [-0.2, 0) is 6.54 Å². The molecule has 2 aromatic heterocycles. The zero-order valence-corrected chi connectivity index (χ0v) is 11.4. The summed E-state index contributed by atoms with van der Waals surface area (Å²) < 4.78 is 0. The Bertz CT molecular complexity index is 859. The van der Waals surface area contributed by atoms with Crippen molar-refractivity contribution in [3.63, 3.8) is 0 Å². The van der Waals surface area contributed by atoms with Gasteiger partial charge in [0.25, 0.3) is 11.2 Å². The highest BCUT2D eigenvalue weighted by atomic mass is 32.1. The van der Waals surface area contributed by atoms with Crippen molar-refractivity contribution < 1.29 is 4.92 Å². The Morgan fingerprint density at radius 3 is 2.95 bits per heavy atom. The number of benzene rings is 1. The Morgan fingerprint density at radius 2 is 2.24 bits per heavy atom. The van der Waals surface area contributed by atoms with Crippen LogP contribution in [0.3, 0.4) is 0 Å². The maximum Gasteiger partial charge on any atom is 0.293 e. The summed E-state index contributed by atoms with van der Waals surface area (Å²) in [5.41, 5.74) is 2.59. The van der Waals surface area contributed by atoms with E-state index in [1.54, 1.807) is 5.51 Å². The van der Waals surface area contributed by atoms with E-state index in [0.29, 0.717) is 17.7 Å². The standard InChI is InChI=1S/C12H9N5O3S/c18-12-8-1-11(17(19)20)10(2-9(8)14-5-15-12)13-3-7-4-21-6-16-7/h1-2,4-6,13H,3H2,(H,14,15,18). The Balaban J connectivity index is 2.05. The fourth-order valence-electron chi connectivity index (χ4n) is 1.91. The highest BCUT2D eigenvalue weighted by Gasteiger charge is 2.17. The molecule has 0 spiro atoms. The first kappa shape index (κ1) is 13.2. The molecule has 0 amide bonds. The largest absolute Gasteiger partial charge is 0.374 e. The summed E-state index contributed by atoms with van der Waals surface area (Å²) in [7, 11) is 0. The minimum atomic E-state index is -0.532. The van der Waals surface area contributed by atoms with Gasteiger partial charge in [0.2, 0.25) is 0 Å². The monoisotopic (exact) mass is 303 g/mol. The van der Waals surface area contributed by atoms with Crippen LogP contribution >= 0.6 is 11.3 Å². The molecular weight excluding hydrogens is 294 g/mol. The number of thiazole rings is 1. The summed E-state index contributed by atoms with van der Waals surface area (Å²) >= 11 is 1.45. The van der Waals surface area contributed by atoms with Gasteiger partial charge >= 0.3 is 0 Å². The highest BCUT2D eigenvalue weighted by Crippen LogP contribution is 2.28. The molecule has 2 N–H and O–H groups in total. The second-order valence-corrected chi connectivity index (χ2v) is 4.93. The number of hydrogen-bond acceptors (Lipinski definition) is 7. The summed E-state index contributed by atoms with van der Waals surface area (Å²) in [6.07, 6.45) is 1.26. The van der Waals surface area contributed by atoms with E-state index in [1.807, 2.05) is 5.38 Å². The lowest BCUT2D eigenvalue weighted by Gasteiger charge is -2.06. The van der Waals surface area contributed by atoms with Gasteiger partial charge in [-0.3, -0.25) is 14.9 Å². The first-order chi connectivity index (χ1) is 10.1. The first-order valence-corrected chi connectivity index (χ1v) is 6.86. The van der Waals surface area contributed by atoms with Gasteiger partial charge in [0, 0.05) is 11.4 Å². The predicted molar refractivity (Wildman–Crippen MR) is 78.5 cm³/mol. The summed E-state index contributed by atoms with van der Waals surface area (Å²) in [5, 5.41) is 16.2. The van der Waals surface area contributed by atoms with E-state index in [-0.39, 0.29) is 11.1 Å². The predicted octanol–water partition coefficient (Wildman–Crippen LogP) is 1.90. The number of nitrogens with zero attached hydrogens (tertiary/aromatic N) is 3. The lowest BCUT2D eigenvalue weighted by atomic mass is 10.2. The molecule has 0 fully saturated rings. The van der Waals surface area contributed by atoms with E-state index in [9.17, 15) is 14.9 Å². The third-order valence-electron chi connectivity index (χ3n) is 2.90. The van der Waals surface area contributed by atoms with Crippen molar-refractivity contribution in [1.82, 2.24) is 15.0 Å². The lowest BCUT2D eigenvalue weighted by molar-refractivity contribution is -0.383. The van der Waals surface area contributed by atoms with E-state index in [0.717, 1.165) is 5.69 Å². The van der Waals surface area contributed by atoms with Crippen LogP contribution in [0.15, 0.2) is 34.1 Å². The summed E-state index contributed by atoms with van der Waals surface area (Å²) in [6.45, 7) is 0.360. The third kappa shape index (κ3) is 2.58. The molecule has 0 saturated heterocycles. The molecule has 0 aliphatic carbocycles. The fraction of sp³-hybridized carbons (Fsp3) is 0.0833. The third-order valence-corrected chi connectivity index (χ3v) is 3.53. The molecule has 0 saturated carbocycles. The van der Waals surface area contributed by atoms with Crippen molar-refractivity contribution in [1.29, 1.82) is 0 Å². The molecular formula is C12H9N5O3S. The van der Waals surface area contributed by atoms with Gasteiger partial charge in [-0.1, -0.05) is 0 Å². The van der Waals surface area contributed by atoms with Gasteiger partial charge in [-0.05, 0) is 6.07 Å². The van der Waals surface area contributed by atoms with Gasteiger partial charge in [-0.15, -0.1) is 11.3 Å². The number of nitro groups is 1. The van der Waals surface area contributed by atoms with E-state index >= 15 is 0 Å². The molecule has 21 heavy (non-hydrogen) atoms. The maximum absolute atomic E-state index is 11.7. The second kappa shape index (κ2) is 5.29. The Kier molecular flexibility index (Phi) is 3.32. The average Bonchev–Trinajstić information content (AvgIpc) is 2.97. The van der Waals surface area contributed by atoms with Crippen molar-refractivity contribution in [3.05, 3.63) is 55.5 Å². The number of hydrogen-bond donors (Lipinski definition) is 2. The van der Waals surface area contributed by atoms with E-state index in [4.69, 9.17) is 0 Å². The molecule has 2 heterocycles. The number of nitrogens with one attached hydrogen (secondary N) is 2. The first-order valence-electron chi connectivity index (χ1n) is 5.92. The lowest BCUT2D eigenvalue weighted by Crippen LogP contribution is -2.09. The van der Waals surface area contributed by atoms with E-state index in [2.05, 4.69) is 20.3 Å². The zero-order chi connectivity index (χ0) is 14.8. The number of H-pyrrole nitrogens is 1. The molecule has 0 radical (unpaired) electrons. The van der Waals surface area contributed by atoms with Gasteiger partial charge in [0.1, 0.15) is 5.69 Å². The molecule has 0 atom stereocenters. The molecule has 106 valence electrons. The van der Waals surface area contributed by atoms with Gasteiger partial charge in [-0.25, -0.2) is 9.97 Å². The molecule has 3 aromatic rings. The molecule has 3 rings (SSSR count). The highest BCUT2D eigenvalue weighted by molar-refractivity contribution is 7.07. The van der Waals surface area contributed by atoms with Crippen molar-refractivity contribution >= 4 is 33.6 Å². The molecule has 0 unspecified atom stereocenters.